The van der Waals surface area contributed by atoms with E-state index >= 15 is 0 Å². The minimum Gasteiger partial charge on any atom is -0.383 e. The third-order valence-electron chi connectivity index (χ3n) is 1.80. The van der Waals surface area contributed by atoms with E-state index in [1.165, 1.54) is 11.8 Å². The van der Waals surface area contributed by atoms with E-state index in [1.54, 1.807) is 6.20 Å². The van der Waals surface area contributed by atoms with Crippen LogP contribution >= 0.6 is 11.8 Å². The highest BCUT2D eigenvalue weighted by Gasteiger charge is 2.06. The standard InChI is InChI=1S/C9H11N5S/c1-5-3-6(2)13-9(12-5)15-7-4-11-14-8(7)10/h3-4H,1-2H3,(H3,10,11,14). The first kappa shape index (κ1) is 9.97. The van der Waals surface area contributed by atoms with Crippen LogP contribution in [0.2, 0.25) is 0 Å². The summed E-state index contributed by atoms with van der Waals surface area (Å²) < 4.78 is 0. The molecule has 0 fully saturated rings. The van der Waals surface area contributed by atoms with Crippen LogP contribution in [0, 0.1) is 13.8 Å². The molecule has 0 atom stereocenters. The van der Waals surface area contributed by atoms with Crippen molar-refractivity contribution >= 4 is 17.6 Å². The molecule has 0 amide bonds. The smallest absolute Gasteiger partial charge is 0.193 e. The van der Waals surface area contributed by atoms with Crippen molar-refractivity contribution in [3.05, 3.63) is 23.7 Å². The Morgan fingerprint density at radius 3 is 2.47 bits per heavy atom. The van der Waals surface area contributed by atoms with E-state index in [-0.39, 0.29) is 0 Å². The Hall–Kier alpha value is -1.56. The fourth-order valence-corrected chi connectivity index (χ4v) is 2.04. The van der Waals surface area contributed by atoms with Gasteiger partial charge in [-0.25, -0.2) is 9.97 Å². The zero-order valence-electron chi connectivity index (χ0n) is 8.48. The maximum Gasteiger partial charge on any atom is 0.193 e. The van der Waals surface area contributed by atoms with Crippen molar-refractivity contribution in [1.29, 1.82) is 0 Å². The zero-order valence-corrected chi connectivity index (χ0v) is 9.30. The van der Waals surface area contributed by atoms with Crippen LogP contribution in [0.4, 0.5) is 5.82 Å². The first-order valence-electron chi connectivity index (χ1n) is 4.44. The summed E-state index contributed by atoms with van der Waals surface area (Å²) in [6.07, 6.45) is 1.67. The van der Waals surface area contributed by atoms with Gasteiger partial charge >= 0.3 is 0 Å². The number of rotatable bonds is 2. The van der Waals surface area contributed by atoms with E-state index in [1.807, 2.05) is 19.9 Å². The van der Waals surface area contributed by atoms with Crippen molar-refractivity contribution in [2.75, 3.05) is 5.73 Å². The summed E-state index contributed by atoms with van der Waals surface area (Å²) in [6.45, 7) is 3.88. The average molecular weight is 221 g/mol. The van der Waals surface area contributed by atoms with Crippen LogP contribution in [0.5, 0.6) is 0 Å². The number of aromatic nitrogens is 4. The van der Waals surface area contributed by atoms with Crippen LogP contribution < -0.4 is 5.73 Å². The molecule has 3 N–H and O–H groups in total. The number of hydrogen-bond donors (Lipinski definition) is 2. The highest BCUT2D eigenvalue weighted by molar-refractivity contribution is 7.99. The second-order valence-corrected chi connectivity index (χ2v) is 4.19. The summed E-state index contributed by atoms with van der Waals surface area (Å²) in [5.41, 5.74) is 7.57. The first-order chi connectivity index (χ1) is 7.15. The van der Waals surface area contributed by atoms with Crippen LogP contribution in [0.25, 0.3) is 0 Å². The number of aryl methyl sites for hydroxylation is 2. The number of hydrogen-bond acceptors (Lipinski definition) is 5. The molecule has 5 nitrogen and oxygen atoms in total. The van der Waals surface area contributed by atoms with Crippen molar-refractivity contribution in [3.8, 4) is 0 Å². The van der Waals surface area contributed by atoms with Crippen LogP contribution in [-0.4, -0.2) is 20.2 Å². The lowest BCUT2D eigenvalue weighted by Crippen LogP contribution is -1.93. The molecule has 0 saturated heterocycles. The van der Waals surface area contributed by atoms with Gasteiger partial charge in [0, 0.05) is 11.4 Å². The molecule has 78 valence electrons. The van der Waals surface area contributed by atoms with Crippen LogP contribution in [0.15, 0.2) is 22.3 Å². The Labute approximate surface area is 91.5 Å². The van der Waals surface area contributed by atoms with E-state index in [0.29, 0.717) is 11.0 Å². The molecule has 2 aromatic heterocycles. The second kappa shape index (κ2) is 3.90. The topological polar surface area (TPSA) is 80.5 Å². The second-order valence-electron chi connectivity index (χ2n) is 3.18. The lowest BCUT2D eigenvalue weighted by atomic mass is 10.4. The molecular weight excluding hydrogens is 210 g/mol. The van der Waals surface area contributed by atoms with E-state index in [9.17, 15) is 0 Å². The van der Waals surface area contributed by atoms with Gasteiger partial charge in [0.25, 0.3) is 0 Å². The third kappa shape index (κ3) is 2.27. The van der Waals surface area contributed by atoms with Gasteiger partial charge in [0.15, 0.2) is 5.16 Å². The molecule has 0 bridgehead atoms. The number of aromatic amines is 1. The van der Waals surface area contributed by atoms with Gasteiger partial charge < -0.3 is 5.73 Å². The first-order valence-corrected chi connectivity index (χ1v) is 5.26. The van der Waals surface area contributed by atoms with Gasteiger partial charge in [0.05, 0.1) is 11.1 Å². The lowest BCUT2D eigenvalue weighted by molar-refractivity contribution is 0.902. The minimum absolute atomic E-state index is 0.544. The monoisotopic (exact) mass is 221 g/mol. The molecule has 0 unspecified atom stereocenters. The summed E-state index contributed by atoms with van der Waals surface area (Å²) in [6, 6.07) is 1.93. The molecule has 6 heteroatoms. The lowest BCUT2D eigenvalue weighted by Gasteiger charge is -2.01. The van der Waals surface area contributed by atoms with E-state index in [2.05, 4.69) is 20.2 Å². The molecule has 2 aromatic rings. The Morgan fingerprint density at radius 1 is 1.27 bits per heavy atom. The molecule has 0 radical (unpaired) electrons. The quantitative estimate of drug-likeness (QED) is 0.752. The predicted molar refractivity (Wildman–Crippen MR) is 58.6 cm³/mol. The summed E-state index contributed by atoms with van der Waals surface area (Å²) >= 11 is 1.41. The van der Waals surface area contributed by atoms with Crippen LogP contribution in [0.1, 0.15) is 11.4 Å². The summed E-state index contributed by atoms with van der Waals surface area (Å²) in [4.78, 5) is 9.46. The maximum absolute atomic E-state index is 5.67. The largest absolute Gasteiger partial charge is 0.383 e. The van der Waals surface area contributed by atoms with Gasteiger partial charge in [0.1, 0.15) is 5.82 Å². The number of H-pyrrole nitrogens is 1. The van der Waals surface area contributed by atoms with Gasteiger partial charge in [-0.05, 0) is 31.7 Å². The van der Waals surface area contributed by atoms with E-state index in [4.69, 9.17) is 5.73 Å². The molecule has 0 aromatic carbocycles. The number of anilines is 1. The molecule has 0 aliphatic rings. The van der Waals surface area contributed by atoms with E-state index in [0.717, 1.165) is 16.3 Å². The summed E-state index contributed by atoms with van der Waals surface area (Å²) in [5.74, 6) is 0.544. The Bertz CT molecular complexity index is 459. The molecule has 0 spiro atoms. The number of nitrogens with zero attached hydrogens (tertiary/aromatic N) is 3. The maximum atomic E-state index is 5.67. The predicted octanol–water partition coefficient (Wildman–Crippen LogP) is 1.55. The summed E-state index contributed by atoms with van der Waals surface area (Å²) in [5, 5.41) is 7.20. The molecule has 0 aliphatic carbocycles. The fourth-order valence-electron chi connectivity index (χ4n) is 1.20. The number of nitrogens with one attached hydrogen (secondary N) is 1. The molecule has 0 aliphatic heterocycles. The highest BCUT2D eigenvalue weighted by atomic mass is 32.2. The van der Waals surface area contributed by atoms with Crippen molar-refractivity contribution in [2.24, 2.45) is 0 Å². The van der Waals surface area contributed by atoms with Gasteiger partial charge in [-0.1, -0.05) is 0 Å². The number of nitrogens with two attached hydrogens (primary N) is 1. The highest BCUT2D eigenvalue weighted by Crippen LogP contribution is 2.27. The van der Waals surface area contributed by atoms with Crippen LogP contribution in [-0.2, 0) is 0 Å². The van der Waals surface area contributed by atoms with Crippen molar-refractivity contribution in [3.63, 3.8) is 0 Å². The summed E-state index contributed by atoms with van der Waals surface area (Å²) in [7, 11) is 0. The van der Waals surface area contributed by atoms with Crippen molar-refractivity contribution < 1.29 is 0 Å². The van der Waals surface area contributed by atoms with Gasteiger partial charge in [-0.3, -0.25) is 5.10 Å². The molecular formula is C9H11N5S. The fraction of sp³-hybridized carbons (Fsp3) is 0.222. The van der Waals surface area contributed by atoms with Crippen molar-refractivity contribution in [2.45, 2.75) is 23.9 Å². The van der Waals surface area contributed by atoms with Gasteiger partial charge in [0.2, 0.25) is 0 Å². The molecule has 2 rings (SSSR count). The van der Waals surface area contributed by atoms with Crippen molar-refractivity contribution in [1.82, 2.24) is 20.2 Å². The number of nitrogen functional groups attached to an aromatic ring is 1. The Morgan fingerprint density at radius 2 is 1.93 bits per heavy atom. The van der Waals surface area contributed by atoms with Gasteiger partial charge in [-0.2, -0.15) is 5.10 Å². The third-order valence-corrected chi connectivity index (χ3v) is 2.71. The molecule has 2 heterocycles. The minimum atomic E-state index is 0.544. The Balaban J connectivity index is 2.28. The average Bonchev–Trinajstić information content (AvgIpc) is 2.50. The van der Waals surface area contributed by atoms with E-state index < -0.39 is 0 Å². The Kier molecular flexibility index (Phi) is 2.59. The normalized spacial score (nSPS) is 10.5. The van der Waals surface area contributed by atoms with Crippen LogP contribution in [0.3, 0.4) is 0 Å². The SMILES string of the molecule is Cc1cc(C)nc(Sc2cn[nH]c2N)n1. The zero-order chi connectivity index (χ0) is 10.8. The van der Waals surface area contributed by atoms with Gasteiger partial charge in [-0.15, -0.1) is 0 Å². The molecule has 15 heavy (non-hydrogen) atoms. The molecule has 0 saturated carbocycles.